The third-order valence-electron chi connectivity index (χ3n) is 4.92. The van der Waals surface area contributed by atoms with Crippen molar-refractivity contribution < 1.29 is 13.2 Å². The van der Waals surface area contributed by atoms with Crippen molar-refractivity contribution >= 4 is 15.9 Å². The maximum absolute atomic E-state index is 12.5. The molecular formula is C20H32N2O3S. The Labute approximate surface area is 158 Å². The summed E-state index contributed by atoms with van der Waals surface area (Å²) >= 11 is 0. The Morgan fingerprint density at radius 2 is 1.88 bits per heavy atom. The number of carbonyl (C=O) groups is 1. The summed E-state index contributed by atoms with van der Waals surface area (Å²) in [5.41, 5.74) is 2.39. The predicted octanol–water partition coefficient (Wildman–Crippen LogP) is 3.32. The van der Waals surface area contributed by atoms with Gasteiger partial charge in [0.2, 0.25) is 15.9 Å². The van der Waals surface area contributed by atoms with Crippen LogP contribution in [0.3, 0.4) is 0 Å². The molecule has 0 aromatic heterocycles. The molecule has 0 bridgehead atoms. The molecular weight excluding hydrogens is 348 g/mol. The van der Waals surface area contributed by atoms with Crippen LogP contribution in [0.1, 0.15) is 69.9 Å². The average Bonchev–Trinajstić information content (AvgIpc) is 2.61. The van der Waals surface area contributed by atoms with Gasteiger partial charge in [0.05, 0.1) is 4.90 Å². The Morgan fingerprint density at radius 1 is 1.15 bits per heavy atom. The molecule has 146 valence electrons. The fourth-order valence-corrected chi connectivity index (χ4v) is 4.46. The summed E-state index contributed by atoms with van der Waals surface area (Å²) in [7, 11) is -3.57. The number of sulfonamides is 1. The maximum atomic E-state index is 12.5. The molecule has 0 fully saturated rings. The van der Waals surface area contributed by atoms with E-state index < -0.39 is 10.0 Å². The number of aryl methyl sites for hydroxylation is 2. The molecule has 6 heteroatoms. The van der Waals surface area contributed by atoms with E-state index >= 15 is 0 Å². The molecule has 5 nitrogen and oxygen atoms in total. The zero-order valence-corrected chi connectivity index (χ0v) is 16.8. The van der Waals surface area contributed by atoms with Crippen LogP contribution in [-0.2, 0) is 27.7 Å². The van der Waals surface area contributed by atoms with Crippen LogP contribution in [0.15, 0.2) is 23.1 Å². The number of benzene rings is 1. The van der Waals surface area contributed by atoms with Crippen LogP contribution in [0.25, 0.3) is 0 Å². The summed E-state index contributed by atoms with van der Waals surface area (Å²) in [6.45, 7) is 4.26. The van der Waals surface area contributed by atoms with E-state index in [1.807, 2.05) is 13.0 Å². The van der Waals surface area contributed by atoms with Gasteiger partial charge in [-0.15, -0.1) is 0 Å². The first-order chi connectivity index (χ1) is 12.4. The topological polar surface area (TPSA) is 75.3 Å². The zero-order chi connectivity index (χ0) is 19.0. The van der Waals surface area contributed by atoms with Crippen molar-refractivity contribution in [2.24, 2.45) is 0 Å². The summed E-state index contributed by atoms with van der Waals surface area (Å²) in [6, 6.07) is 5.51. The number of fused-ring (bicyclic) bond motifs is 1. The van der Waals surface area contributed by atoms with E-state index in [0.717, 1.165) is 44.1 Å². The lowest BCUT2D eigenvalue weighted by molar-refractivity contribution is -0.121. The van der Waals surface area contributed by atoms with Gasteiger partial charge in [-0.25, -0.2) is 13.1 Å². The van der Waals surface area contributed by atoms with Crippen molar-refractivity contribution in [1.29, 1.82) is 0 Å². The standard InChI is InChI=1S/C20H32N2O3S/c1-3-4-5-8-16(2)22-20(23)13-14-21-26(24,25)19-12-11-17-9-6-7-10-18(17)15-19/h11-12,15-16,21H,3-10,13-14H2,1-2H3,(H,22,23). The third-order valence-corrected chi connectivity index (χ3v) is 6.38. The number of rotatable bonds is 10. The largest absolute Gasteiger partial charge is 0.354 e. The van der Waals surface area contributed by atoms with Crippen LogP contribution in [0, 0.1) is 0 Å². The van der Waals surface area contributed by atoms with Crippen molar-refractivity contribution in [1.82, 2.24) is 10.0 Å². The Balaban J connectivity index is 1.80. The Morgan fingerprint density at radius 3 is 2.62 bits per heavy atom. The molecule has 2 N–H and O–H groups in total. The van der Waals surface area contributed by atoms with Crippen LogP contribution >= 0.6 is 0 Å². The molecule has 1 aromatic carbocycles. The monoisotopic (exact) mass is 380 g/mol. The minimum absolute atomic E-state index is 0.109. The molecule has 1 aliphatic carbocycles. The maximum Gasteiger partial charge on any atom is 0.240 e. The van der Waals surface area contributed by atoms with Gasteiger partial charge < -0.3 is 5.32 Å². The first-order valence-electron chi connectivity index (χ1n) is 9.83. The first kappa shape index (κ1) is 20.9. The summed E-state index contributed by atoms with van der Waals surface area (Å²) in [6.07, 6.45) is 8.79. The van der Waals surface area contributed by atoms with Gasteiger partial charge in [-0.1, -0.05) is 32.3 Å². The quantitative estimate of drug-likeness (QED) is 0.612. The molecule has 0 aliphatic heterocycles. The van der Waals surface area contributed by atoms with E-state index in [1.54, 1.807) is 12.1 Å². The van der Waals surface area contributed by atoms with Crippen LogP contribution in [-0.4, -0.2) is 26.9 Å². The van der Waals surface area contributed by atoms with Crippen molar-refractivity contribution in [3.8, 4) is 0 Å². The summed E-state index contributed by atoms with van der Waals surface area (Å²) in [5.74, 6) is -0.109. The van der Waals surface area contributed by atoms with Crippen molar-refractivity contribution in [2.75, 3.05) is 6.54 Å². The number of nitrogens with one attached hydrogen (secondary N) is 2. The highest BCUT2D eigenvalue weighted by atomic mass is 32.2. The van der Waals surface area contributed by atoms with Gasteiger partial charge >= 0.3 is 0 Å². The van der Waals surface area contributed by atoms with Crippen LogP contribution in [0.5, 0.6) is 0 Å². The van der Waals surface area contributed by atoms with Gasteiger partial charge in [0, 0.05) is 19.0 Å². The minimum Gasteiger partial charge on any atom is -0.354 e. The second kappa shape index (κ2) is 10.1. The van der Waals surface area contributed by atoms with Gasteiger partial charge in [0.1, 0.15) is 0 Å². The molecule has 1 amide bonds. The molecule has 0 saturated heterocycles. The summed E-state index contributed by atoms with van der Waals surface area (Å²) < 4.78 is 27.5. The van der Waals surface area contributed by atoms with Gasteiger partial charge in [-0.05, 0) is 62.3 Å². The fraction of sp³-hybridized carbons (Fsp3) is 0.650. The third kappa shape index (κ3) is 6.40. The van der Waals surface area contributed by atoms with Crippen molar-refractivity contribution in [3.05, 3.63) is 29.3 Å². The molecule has 0 saturated carbocycles. The molecule has 1 aliphatic rings. The fourth-order valence-electron chi connectivity index (χ4n) is 3.38. The van der Waals surface area contributed by atoms with E-state index in [4.69, 9.17) is 0 Å². The normalized spacial score (nSPS) is 15.3. The highest BCUT2D eigenvalue weighted by Gasteiger charge is 2.18. The van der Waals surface area contributed by atoms with E-state index in [2.05, 4.69) is 17.0 Å². The average molecular weight is 381 g/mol. The van der Waals surface area contributed by atoms with E-state index in [0.29, 0.717) is 4.90 Å². The second-order valence-electron chi connectivity index (χ2n) is 7.25. The number of unbranched alkanes of at least 4 members (excludes halogenated alkanes) is 2. The second-order valence-corrected chi connectivity index (χ2v) is 9.02. The van der Waals surface area contributed by atoms with Crippen LogP contribution in [0.4, 0.5) is 0 Å². The van der Waals surface area contributed by atoms with Gasteiger partial charge in [-0.3, -0.25) is 4.79 Å². The van der Waals surface area contributed by atoms with E-state index in [9.17, 15) is 13.2 Å². The summed E-state index contributed by atoms with van der Waals surface area (Å²) in [5, 5.41) is 2.93. The number of amides is 1. The van der Waals surface area contributed by atoms with Crippen molar-refractivity contribution in [3.63, 3.8) is 0 Å². The van der Waals surface area contributed by atoms with Gasteiger partial charge in [0.15, 0.2) is 0 Å². The van der Waals surface area contributed by atoms with Gasteiger partial charge in [-0.2, -0.15) is 0 Å². The number of carbonyl (C=O) groups excluding carboxylic acids is 1. The summed E-state index contributed by atoms with van der Waals surface area (Å²) in [4.78, 5) is 12.3. The highest BCUT2D eigenvalue weighted by molar-refractivity contribution is 7.89. The van der Waals surface area contributed by atoms with Gasteiger partial charge in [0.25, 0.3) is 0 Å². The van der Waals surface area contributed by atoms with Crippen LogP contribution < -0.4 is 10.0 Å². The Hall–Kier alpha value is -1.40. The first-order valence-corrected chi connectivity index (χ1v) is 11.3. The molecule has 0 spiro atoms. The Bertz CT molecular complexity index is 701. The Kier molecular flexibility index (Phi) is 8.10. The van der Waals surface area contributed by atoms with Crippen molar-refractivity contribution in [2.45, 2.75) is 82.6 Å². The lowest BCUT2D eigenvalue weighted by Gasteiger charge is -2.17. The van der Waals surface area contributed by atoms with Crippen LogP contribution in [0.2, 0.25) is 0 Å². The molecule has 2 rings (SSSR count). The molecule has 1 aromatic rings. The molecule has 26 heavy (non-hydrogen) atoms. The van der Waals surface area contributed by atoms with E-state index in [1.165, 1.54) is 18.4 Å². The number of hydrogen-bond acceptors (Lipinski definition) is 3. The molecule has 0 heterocycles. The zero-order valence-electron chi connectivity index (χ0n) is 16.0. The molecule has 1 atom stereocenters. The van der Waals surface area contributed by atoms with E-state index in [-0.39, 0.29) is 24.9 Å². The number of hydrogen-bond donors (Lipinski definition) is 2. The smallest absolute Gasteiger partial charge is 0.240 e. The lowest BCUT2D eigenvalue weighted by Crippen LogP contribution is -2.35. The molecule has 1 unspecified atom stereocenters. The highest BCUT2D eigenvalue weighted by Crippen LogP contribution is 2.24. The predicted molar refractivity (Wildman–Crippen MR) is 105 cm³/mol. The lowest BCUT2D eigenvalue weighted by atomic mass is 9.92. The minimum atomic E-state index is -3.57. The SMILES string of the molecule is CCCCCC(C)NC(=O)CCNS(=O)(=O)c1ccc2c(c1)CCCC2. The molecule has 0 radical (unpaired) electrons.